The summed E-state index contributed by atoms with van der Waals surface area (Å²) in [6.45, 7) is 13.6. The highest BCUT2D eigenvalue weighted by atomic mass is 32.1. The summed E-state index contributed by atoms with van der Waals surface area (Å²) in [6, 6.07) is 55.6. The van der Waals surface area contributed by atoms with Crippen molar-refractivity contribution in [2.24, 2.45) is 0 Å². The summed E-state index contributed by atoms with van der Waals surface area (Å²) in [5.74, 6) is 0. The first-order valence-electron chi connectivity index (χ1n) is 19.3. The Morgan fingerprint density at radius 3 is 1.53 bits per heavy atom. The molecule has 2 aliphatic rings. The molecule has 1 atom stereocenters. The third-order valence-electron chi connectivity index (χ3n) is 12.0. The lowest BCUT2D eigenvalue weighted by molar-refractivity contribution is 0.590. The monoisotopic (exact) mass is 729 g/mol. The van der Waals surface area contributed by atoms with E-state index in [0.717, 1.165) is 42.8 Å². The van der Waals surface area contributed by atoms with Gasteiger partial charge in [-0.2, -0.15) is 0 Å². The van der Waals surface area contributed by atoms with E-state index in [2.05, 4.69) is 180 Å². The molecule has 10 rings (SSSR count). The maximum absolute atomic E-state index is 14.1. The fourth-order valence-electron chi connectivity index (χ4n) is 9.23. The minimum atomic E-state index is -0.554. The van der Waals surface area contributed by atoms with Gasteiger partial charge in [0, 0.05) is 37.2 Å². The summed E-state index contributed by atoms with van der Waals surface area (Å²) < 4.78 is 2.04. The van der Waals surface area contributed by atoms with Gasteiger partial charge in [0.1, 0.15) is 0 Å². The van der Waals surface area contributed by atoms with E-state index < -0.39 is 5.41 Å². The van der Waals surface area contributed by atoms with Gasteiger partial charge in [0.25, 0.3) is 0 Å². The smallest absolute Gasteiger partial charge is 0.195 e. The van der Waals surface area contributed by atoms with Gasteiger partial charge in [-0.25, -0.2) is 0 Å². The van der Waals surface area contributed by atoms with Crippen molar-refractivity contribution in [3.05, 3.63) is 195 Å². The van der Waals surface area contributed by atoms with Gasteiger partial charge >= 0.3 is 0 Å². The number of fused-ring (bicyclic) bond motifs is 12. The molecule has 8 aromatic rings. The first-order chi connectivity index (χ1) is 26.4. The molecule has 0 aliphatic heterocycles. The summed E-state index contributed by atoms with van der Waals surface area (Å²) in [5.41, 5.74) is 15.5. The van der Waals surface area contributed by atoms with Crippen LogP contribution in [0.1, 0.15) is 74.9 Å². The molecule has 1 aromatic heterocycles. The van der Waals surface area contributed by atoms with E-state index in [0.29, 0.717) is 0 Å². The zero-order chi connectivity index (χ0) is 37.9. The Balaban J connectivity index is 1.25. The van der Waals surface area contributed by atoms with Crippen molar-refractivity contribution in [2.45, 2.75) is 57.8 Å². The molecule has 1 heterocycles. The molecular formula is C52H43NOS. The average Bonchev–Trinajstić information content (AvgIpc) is 3.64. The Labute approximate surface area is 327 Å². The quantitative estimate of drug-likeness (QED) is 0.169. The van der Waals surface area contributed by atoms with Crippen LogP contribution in [0.3, 0.4) is 0 Å². The van der Waals surface area contributed by atoms with Crippen LogP contribution in [0.15, 0.2) is 156 Å². The van der Waals surface area contributed by atoms with Crippen LogP contribution in [0.4, 0.5) is 17.1 Å². The molecule has 0 fully saturated rings. The van der Waals surface area contributed by atoms with Gasteiger partial charge in [-0.15, -0.1) is 11.3 Å². The highest BCUT2D eigenvalue weighted by molar-refractivity contribution is 7.24. The predicted molar refractivity (Wildman–Crippen MR) is 234 cm³/mol. The molecule has 55 heavy (non-hydrogen) atoms. The standard InChI is InChI=1S/C52H43NOS/c1-50(2,3)32-19-23-34(24-20-32)53(35-25-21-33(22-26-35)51(4,5)6)36-27-28-39-37-13-7-10-16-43(37)52(45(39)29-36)44-17-11-8-14-38(44)41-30-42-48(31-46(41)52)55-47-18-12-9-15-40(47)49(42)54/h7-31H,1-6H3. The fraction of sp³-hybridized carbons (Fsp3) is 0.173. The number of rotatable bonds is 3. The van der Waals surface area contributed by atoms with Crippen LogP contribution in [-0.4, -0.2) is 0 Å². The minimum absolute atomic E-state index is 0.0524. The highest BCUT2D eigenvalue weighted by Crippen LogP contribution is 2.64. The van der Waals surface area contributed by atoms with Crippen LogP contribution in [0, 0.1) is 0 Å². The molecule has 1 unspecified atom stereocenters. The van der Waals surface area contributed by atoms with Gasteiger partial charge in [-0.3, -0.25) is 4.79 Å². The largest absolute Gasteiger partial charge is 0.310 e. The van der Waals surface area contributed by atoms with Gasteiger partial charge < -0.3 is 4.90 Å². The number of nitrogens with zero attached hydrogens (tertiary/aromatic N) is 1. The SMILES string of the molecule is CC(C)(C)c1ccc(N(c2ccc(C(C)(C)C)cc2)c2ccc3c(c2)C2(c4ccccc4-3)c3ccccc3-c3cc4c(=O)c5ccccc5sc4cc32)cc1. The van der Waals surface area contributed by atoms with Crippen LogP contribution >= 0.6 is 11.3 Å². The molecule has 7 aromatic carbocycles. The van der Waals surface area contributed by atoms with Gasteiger partial charge in [0.2, 0.25) is 0 Å². The third kappa shape index (κ3) is 4.96. The van der Waals surface area contributed by atoms with Crippen molar-refractivity contribution in [2.75, 3.05) is 4.90 Å². The second-order valence-electron chi connectivity index (χ2n) is 17.3. The zero-order valence-electron chi connectivity index (χ0n) is 32.2. The lowest BCUT2D eigenvalue weighted by Crippen LogP contribution is -2.26. The number of benzene rings is 7. The first-order valence-corrected chi connectivity index (χ1v) is 20.1. The van der Waals surface area contributed by atoms with E-state index in [1.807, 2.05) is 18.2 Å². The Morgan fingerprint density at radius 1 is 0.436 bits per heavy atom. The molecule has 0 bridgehead atoms. The van der Waals surface area contributed by atoms with Gasteiger partial charge in [-0.05, 0) is 127 Å². The normalized spacial score (nSPS) is 15.6. The number of anilines is 3. The summed E-state index contributed by atoms with van der Waals surface area (Å²) in [5, 5.41) is 1.58. The van der Waals surface area contributed by atoms with Crippen molar-refractivity contribution >= 4 is 48.6 Å². The van der Waals surface area contributed by atoms with Crippen molar-refractivity contribution in [3.63, 3.8) is 0 Å². The Kier molecular flexibility index (Phi) is 7.28. The van der Waals surface area contributed by atoms with E-state index in [1.54, 1.807) is 11.3 Å². The number of hydrogen-bond acceptors (Lipinski definition) is 3. The highest BCUT2D eigenvalue weighted by Gasteiger charge is 2.52. The van der Waals surface area contributed by atoms with E-state index in [1.165, 1.54) is 50.1 Å². The van der Waals surface area contributed by atoms with E-state index >= 15 is 0 Å². The molecule has 0 saturated heterocycles. The summed E-state index contributed by atoms with van der Waals surface area (Å²) >= 11 is 1.71. The average molecular weight is 730 g/mol. The fourth-order valence-corrected chi connectivity index (χ4v) is 10.3. The third-order valence-corrected chi connectivity index (χ3v) is 13.1. The Morgan fingerprint density at radius 2 is 0.927 bits per heavy atom. The summed E-state index contributed by atoms with van der Waals surface area (Å²) in [6.07, 6.45) is 0. The van der Waals surface area contributed by atoms with Gasteiger partial charge in [0.15, 0.2) is 5.43 Å². The van der Waals surface area contributed by atoms with Crippen LogP contribution in [0.5, 0.6) is 0 Å². The second kappa shape index (κ2) is 11.9. The van der Waals surface area contributed by atoms with Crippen molar-refractivity contribution in [3.8, 4) is 22.3 Å². The van der Waals surface area contributed by atoms with Crippen LogP contribution in [0.2, 0.25) is 0 Å². The maximum Gasteiger partial charge on any atom is 0.195 e. The molecule has 1 spiro atoms. The molecule has 3 heteroatoms. The van der Waals surface area contributed by atoms with Crippen molar-refractivity contribution in [1.29, 1.82) is 0 Å². The Bertz CT molecular complexity index is 2850. The summed E-state index contributed by atoms with van der Waals surface area (Å²) in [7, 11) is 0. The molecular weight excluding hydrogens is 687 g/mol. The first kappa shape index (κ1) is 33.8. The number of hydrogen-bond donors (Lipinski definition) is 0. The van der Waals surface area contributed by atoms with Crippen molar-refractivity contribution in [1.82, 2.24) is 0 Å². The molecule has 0 N–H and O–H groups in total. The van der Waals surface area contributed by atoms with Crippen LogP contribution < -0.4 is 10.3 Å². The molecule has 0 amide bonds. The van der Waals surface area contributed by atoms with Crippen LogP contribution in [0.25, 0.3) is 42.4 Å². The molecule has 268 valence electrons. The predicted octanol–water partition coefficient (Wildman–Crippen LogP) is 13.8. The van der Waals surface area contributed by atoms with E-state index in [4.69, 9.17) is 0 Å². The van der Waals surface area contributed by atoms with E-state index in [-0.39, 0.29) is 16.3 Å². The molecule has 0 radical (unpaired) electrons. The lowest BCUT2D eigenvalue weighted by atomic mass is 9.70. The summed E-state index contributed by atoms with van der Waals surface area (Å²) in [4.78, 5) is 16.5. The zero-order valence-corrected chi connectivity index (χ0v) is 33.0. The molecule has 2 aliphatic carbocycles. The van der Waals surface area contributed by atoms with Crippen molar-refractivity contribution < 1.29 is 0 Å². The lowest BCUT2D eigenvalue weighted by Gasteiger charge is -2.32. The second-order valence-corrected chi connectivity index (χ2v) is 18.4. The van der Waals surface area contributed by atoms with Crippen LogP contribution in [-0.2, 0) is 16.2 Å². The topological polar surface area (TPSA) is 20.3 Å². The minimum Gasteiger partial charge on any atom is -0.310 e. The molecule has 0 saturated carbocycles. The van der Waals surface area contributed by atoms with Gasteiger partial charge in [0.05, 0.1) is 5.41 Å². The molecule has 2 nitrogen and oxygen atoms in total. The maximum atomic E-state index is 14.1. The Hall–Kier alpha value is -5.77. The van der Waals surface area contributed by atoms with E-state index in [9.17, 15) is 4.79 Å². The van der Waals surface area contributed by atoms with Gasteiger partial charge in [-0.1, -0.05) is 133 Å².